The summed E-state index contributed by atoms with van der Waals surface area (Å²) in [4.78, 5) is 8.61. The minimum Gasteiger partial charge on any atom is -0.497 e. The van der Waals surface area contributed by atoms with Crippen LogP contribution in [0, 0.1) is 0 Å². The van der Waals surface area contributed by atoms with Gasteiger partial charge in [-0.1, -0.05) is 30.3 Å². The van der Waals surface area contributed by atoms with Crippen LogP contribution in [-0.4, -0.2) is 60.3 Å². The summed E-state index contributed by atoms with van der Waals surface area (Å²) in [7, 11) is 3.93. The number of rotatable bonds is 4. The summed E-state index contributed by atoms with van der Waals surface area (Å²) in [6, 6.07) is 16.9. The third-order valence-corrected chi connectivity index (χ3v) is 7.19. The van der Waals surface area contributed by atoms with Gasteiger partial charge in [0, 0.05) is 41.2 Å². The van der Waals surface area contributed by atoms with Gasteiger partial charge in [-0.25, -0.2) is 0 Å². The van der Waals surface area contributed by atoms with Gasteiger partial charge in [-0.15, -0.1) is 0 Å². The van der Waals surface area contributed by atoms with E-state index in [1.807, 2.05) is 0 Å². The molecular weight excluding hydrogens is 374 g/mol. The number of H-pyrrole nitrogens is 1. The van der Waals surface area contributed by atoms with Crippen LogP contribution in [0.1, 0.15) is 35.7 Å². The number of ether oxygens (including phenoxy) is 1. The van der Waals surface area contributed by atoms with Gasteiger partial charge in [0.25, 0.3) is 0 Å². The van der Waals surface area contributed by atoms with Crippen LogP contribution in [0.25, 0.3) is 10.9 Å². The number of aromatic nitrogens is 1. The molecule has 1 atom stereocenters. The predicted octanol–water partition coefficient (Wildman–Crippen LogP) is 3.69. The maximum atomic E-state index is 10.4. The number of aliphatic hydroxyl groups is 1. The Balaban J connectivity index is 1.64. The molecule has 30 heavy (non-hydrogen) atoms. The molecule has 5 rings (SSSR count). The lowest BCUT2D eigenvalue weighted by Crippen LogP contribution is -2.53. The molecular formula is C25H31N3O2. The summed E-state index contributed by atoms with van der Waals surface area (Å²) in [6.07, 6.45) is 2.28. The fourth-order valence-electron chi connectivity index (χ4n) is 5.55. The topological polar surface area (TPSA) is 51.7 Å². The number of benzene rings is 2. The van der Waals surface area contributed by atoms with Gasteiger partial charge in [0.15, 0.2) is 0 Å². The minimum absolute atomic E-state index is 0.0242. The van der Waals surface area contributed by atoms with E-state index in [1.165, 1.54) is 22.2 Å². The van der Waals surface area contributed by atoms with Crippen molar-refractivity contribution in [2.45, 2.75) is 30.8 Å². The van der Waals surface area contributed by atoms with Crippen molar-refractivity contribution in [3.05, 3.63) is 65.4 Å². The monoisotopic (exact) mass is 405 g/mol. The molecule has 5 nitrogen and oxygen atoms in total. The molecule has 0 aliphatic carbocycles. The molecule has 1 aromatic heterocycles. The molecule has 158 valence electrons. The average molecular weight is 406 g/mol. The number of fused-ring (bicyclic) bond motifs is 4. The van der Waals surface area contributed by atoms with Gasteiger partial charge in [0.2, 0.25) is 0 Å². The molecule has 0 radical (unpaired) electrons. The highest BCUT2D eigenvalue weighted by molar-refractivity contribution is 5.87. The third kappa shape index (κ3) is 3.22. The lowest BCUT2D eigenvalue weighted by molar-refractivity contribution is 0.0475. The summed E-state index contributed by atoms with van der Waals surface area (Å²) in [5, 5.41) is 11.7. The van der Waals surface area contributed by atoms with Crippen LogP contribution in [0.4, 0.5) is 0 Å². The molecule has 2 aliphatic rings. The first-order valence-electron chi connectivity index (χ1n) is 10.9. The first-order valence-corrected chi connectivity index (χ1v) is 10.9. The SMILES string of the molecule is COc1ccc2c3c([nH]c2c1)[C@H](CO)N(Cc1ccccc1)CC31CCN(C)CC1. The second-order valence-electron chi connectivity index (χ2n) is 9.00. The van der Waals surface area contributed by atoms with E-state index in [9.17, 15) is 5.11 Å². The second-order valence-corrected chi connectivity index (χ2v) is 9.00. The van der Waals surface area contributed by atoms with Gasteiger partial charge < -0.3 is 19.7 Å². The average Bonchev–Trinajstić information content (AvgIpc) is 3.16. The highest BCUT2D eigenvalue weighted by Crippen LogP contribution is 2.49. The van der Waals surface area contributed by atoms with E-state index in [-0.39, 0.29) is 18.1 Å². The molecule has 3 aromatic rings. The Labute approximate surface area is 178 Å². The van der Waals surface area contributed by atoms with Crippen LogP contribution >= 0.6 is 0 Å². The molecule has 1 saturated heterocycles. The standard InChI is InChI=1S/C25H31N3O2/c1-27-12-10-25(11-13-27)17-28(15-18-6-4-3-5-7-18)22(16-29)24-23(25)20-9-8-19(30-2)14-21(20)26-24/h3-9,14,22,26,29H,10-13,15-17H2,1-2H3/t22-/m0/s1. The van der Waals surface area contributed by atoms with Crippen molar-refractivity contribution in [2.24, 2.45) is 0 Å². The van der Waals surface area contributed by atoms with Gasteiger partial charge in [-0.3, -0.25) is 4.90 Å². The van der Waals surface area contributed by atoms with Crippen molar-refractivity contribution in [3.8, 4) is 5.75 Å². The Morgan fingerprint density at radius 3 is 2.60 bits per heavy atom. The number of piperidine rings is 1. The summed E-state index contributed by atoms with van der Waals surface area (Å²) < 4.78 is 5.47. The summed E-state index contributed by atoms with van der Waals surface area (Å²) in [5.41, 5.74) is 5.12. The Bertz CT molecular complexity index is 1020. The van der Waals surface area contributed by atoms with Gasteiger partial charge in [0.1, 0.15) is 5.75 Å². The molecule has 2 aliphatic heterocycles. The number of hydrogen-bond acceptors (Lipinski definition) is 4. The molecule has 0 bridgehead atoms. The van der Waals surface area contributed by atoms with Crippen LogP contribution in [-0.2, 0) is 12.0 Å². The third-order valence-electron chi connectivity index (χ3n) is 7.19. The maximum Gasteiger partial charge on any atom is 0.120 e. The molecule has 0 saturated carbocycles. The molecule has 0 unspecified atom stereocenters. The van der Waals surface area contributed by atoms with Crippen molar-refractivity contribution in [3.63, 3.8) is 0 Å². The highest BCUT2D eigenvalue weighted by Gasteiger charge is 2.46. The normalized spacial score (nSPS) is 21.8. The Morgan fingerprint density at radius 1 is 1.13 bits per heavy atom. The molecule has 2 aromatic carbocycles. The van der Waals surface area contributed by atoms with E-state index in [1.54, 1.807) is 7.11 Å². The number of methoxy groups -OCH3 is 1. The molecule has 1 spiro atoms. The molecule has 5 heteroatoms. The fraction of sp³-hybridized carbons (Fsp3) is 0.440. The fourth-order valence-corrected chi connectivity index (χ4v) is 5.55. The summed E-state index contributed by atoms with van der Waals surface area (Å²) in [6.45, 7) is 4.14. The van der Waals surface area contributed by atoms with Crippen LogP contribution in [0.3, 0.4) is 0 Å². The Kier molecular flexibility index (Phi) is 5.05. The van der Waals surface area contributed by atoms with Crippen LogP contribution < -0.4 is 4.74 Å². The van der Waals surface area contributed by atoms with Crippen LogP contribution in [0.2, 0.25) is 0 Å². The zero-order valence-corrected chi connectivity index (χ0v) is 17.9. The second kappa shape index (κ2) is 7.73. The molecule has 2 N–H and O–H groups in total. The minimum atomic E-state index is -0.0242. The van der Waals surface area contributed by atoms with Gasteiger partial charge in [-0.05, 0) is 56.2 Å². The van der Waals surface area contributed by atoms with Crippen LogP contribution in [0.5, 0.6) is 5.75 Å². The zero-order valence-electron chi connectivity index (χ0n) is 17.9. The van der Waals surface area contributed by atoms with E-state index < -0.39 is 0 Å². The molecule has 3 heterocycles. The van der Waals surface area contributed by atoms with E-state index in [0.717, 1.165) is 50.3 Å². The van der Waals surface area contributed by atoms with Crippen LogP contribution in [0.15, 0.2) is 48.5 Å². The van der Waals surface area contributed by atoms with Gasteiger partial charge in [-0.2, -0.15) is 0 Å². The van der Waals surface area contributed by atoms with E-state index in [4.69, 9.17) is 4.74 Å². The lowest BCUT2D eigenvalue weighted by Gasteiger charge is -2.50. The number of aromatic amines is 1. The van der Waals surface area contributed by atoms with E-state index in [2.05, 4.69) is 70.4 Å². The number of aliphatic hydroxyl groups excluding tert-OH is 1. The maximum absolute atomic E-state index is 10.4. The number of hydrogen-bond donors (Lipinski definition) is 2. The van der Waals surface area contributed by atoms with Crippen molar-refractivity contribution in [1.29, 1.82) is 0 Å². The quantitative estimate of drug-likeness (QED) is 0.695. The summed E-state index contributed by atoms with van der Waals surface area (Å²) >= 11 is 0. The lowest BCUT2D eigenvalue weighted by atomic mass is 9.68. The van der Waals surface area contributed by atoms with Gasteiger partial charge >= 0.3 is 0 Å². The molecule has 0 amide bonds. The number of nitrogens with zero attached hydrogens (tertiary/aromatic N) is 2. The van der Waals surface area contributed by atoms with E-state index >= 15 is 0 Å². The predicted molar refractivity (Wildman–Crippen MR) is 120 cm³/mol. The highest BCUT2D eigenvalue weighted by atomic mass is 16.5. The van der Waals surface area contributed by atoms with Crippen molar-refractivity contribution in [2.75, 3.05) is 40.4 Å². The first kappa shape index (κ1) is 19.6. The van der Waals surface area contributed by atoms with Crippen molar-refractivity contribution >= 4 is 10.9 Å². The van der Waals surface area contributed by atoms with Crippen molar-refractivity contribution < 1.29 is 9.84 Å². The number of nitrogens with one attached hydrogen (secondary N) is 1. The number of likely N-dealkylation sites (tertiary alicyclic amines) is 1. The Hall–Kier alpha value is -2.34. The summed E-state index contributed by atoms with van der Waals surface area (Å²) in [5.74, 6) is 0.861. The molecule has 1 fully saturated rings. The van der Waals surface area contributed by atoms with Crippen molar-refractivity contribution in [1.82, 2.24) is 14.8 Å². The van der Waals surface area contributed by atoms with E-state index in [0.29, 0.717) is 0 Å². The Morgan fingerprint density at radius 2 is 1.90 bits per heavy atom. The first-order chi connectivity index (χ1) is 14.6. The zero-order chi connectivity index (χ0) is 20.7. The largest absolute Gasteiger partial charge is 0.497 e. The smallest absolute Gasteiger partial charge is 0.120 e. The van der Waals surface area contributed by atoms with Gasteiger partial charge in [0.05, 0.1) is 19.8 Å².